The second kappa shape index (κ2) is 6.71. The smallest absolute Gasteiger partial charge is 0.129 e. The first kappa shape index (κ1) is 16.4. The number of aromatic amines is 1. The SMILES string of the molecule is C=C1CN(c2cc(-c3n[nH]c4ccc(OC(C)C)cc34)ccn2)CCN1. The number of pyridine rings is 1. The number of aromatic nitrogens is 3. The van der Waals surface area contributed by atoms with E-state index < -0.39 is 0 Å². The molecule has 1 aliphatic rings. The topological polar surface area (TPSA) is 66.1 Å². The van der Waals surface area contributed by atoms with Gasteiger partial charge in [-0.25, -0.2) is 4.98 Å². The standard InChI is InChI=1S/C20H23N5O/c1-13(2)26-16-4-5-18-17(11-16)20(24-23-18)15-6-7-22-19(10-15)25-9-8-21-14(3)12-25/h4-7,10-11,13,21H,3,8-9,12H2,1-2H3,(H,23,24). The van der Waals surface area contributed by atoms with Gasteiger partial charge >= 0.3 is 0 Å². The fourth-order valence-electron chi connectivity index (χ4n) is 3.23. The molecule has 26 heavy (non-hydrogen) atoms. The molecule has 6 heteroatoms. The molecule has 0 amide bonds. The summed E-state index contributed by atoms with van der Waals surface area (Å²) in [4.78, 5) is 6.77. The normalized spacial score (nSPS) is 14.7. The number of nitrogens with one attached hydrogen (secondary N) is 2. The molecule has 3 aromatic rings. The third-order valence-corrected chi connectivity index (χ3v) is 4.39. The quantitative estimate of drug-likeness (QED) is 0.756. The summed E-state index contributed by atoms with van der Waals surface area (Å²) >= 11 is 0. The third kappa shape index (κ3) is 3.22. The average molecular weight is 349 g/mol. The highest BCUT2D eigenvalue weighted by atomic mass is 16.5. The van der Waals surface area contributed by atoms with Crippen molar-refractivity contribution in [2.45, 2.75) is 20.0 Å². The van der Waals surface area contributed by atoms with Crippen LogP contribution in [0.15, 0.2) is 48.8 Å². The van der Waals surface area contributed by atoms with Gasteiger partial charge in [-0.2, -0.15) is 5.10 Å². The van der Waals surface area contributed by atoms with Gasteiger partial charge < -0.3 is 15.0 Å². The first-order valence-electron chi connectivity index (χ1n) is 8.88. The van der Waals surface area contributed by atoms with E-state index in [0.29, 0.717) is 0 Å². The Morgan fingerprint density at radius 2 is 2.12 bits per heavy atom. The molecule has 3 heterocycles. The lowest BCUT2D eigenvalue weighted by molar-refractivity contribution is 0.243. The summed E-state index contributed by atoms with van der Waals surface area (Å²) in [5.74, 6) is 1.79. The molecular formula is C20H23N5O. The molecule has 1 aromatic carbocycles. The molecule has 1 saturated heterocycles. The molecule has 0 atom stereocenters. The highest BCUT2D eigenvalue weighted by Crippen LogP contribution is 2.31. The lowest BCUT2D eigenvalue weighted by Gasteiger charge is -2.30. The Labute approximate surface area is 152 Å². The van der Waals surface area contributed by atoms with E-state index in [1.54, 1.807) is 0 Å². The number of nitrogens with zero attached hydrogens (tertiary/aromatic N) is 3. The monoisotopic (exact) mass is 349 g/mol. The molecule has 4 rings (SSSR count). The Bertz CT molecular complexity index is 946. The van der Waals surface area contributed by atoms with Crippen LogP contribution in [0.3, 0.4) is 0 Å². The number of rotatable bonds is 4. The van der Waals surface area contributed by atoms with Crippen molar-refractivity contribution in [1.29, 1.82) is 0 Å². The van der Waals surface area contributed by atoms with E-state index in [9.17, 15) is 0 Å². The summed E-state index contributed by atoms with van der Waals surface area (Å²) in [6, 6.07) is 10.1. The van der Waals surface area contributed by atoms with Gasteiger partial charge in [0.2, 0.25) is 0 Å². The zero-order chi connectivity index (χ0) is 18.1. The van der Waals surface area contributed by atoms with Gasteiger partial charge in [0.05, 0.1) is 18.2 Å². The van der Waals surface area contributed by atoms with Crippen molar-refractivity contribution in [3.8, 4) is 17.0 Å². The van der Waals surface area contributed by atoms with Gasteiger partial charge in [0.25, 0.3) is 0 Å². The zero-order valence-electron chi connectivity index (χ0n) is 15.1. The fraction of sp³-hybridized carbons (Fsp3) is 0.300. The molecule has 1 fully saturated rings. The van der Waals surface area contributed by atoms with Crippen LogP contribution < -0.4 is 15.0 Å². The number of anilines is 1. The third-order valence-electron chi connectivity index (χ3n) is 4.39. The number of H-pyrrole nitrogens is 1. The maximum absolute atomic E-state index is 5.83. The fourth-order valence-corrected chi connectivity index (χ4v) is 3.23. The van der Waals surface area contributed by atoms with Crippen molar-refractivity contribution in [2.24, 2.45) is 0 Å². The van der Waals surface area contributed by atoms with Crippen LogP contribution in [0.5, 0.6) is 5.75 Å². The Morgan fingerprint density at radius 1 is 1.23 bits per heavy atom. The van der Waals surface area contributed by atoms with Crippen LogP contribution in [-0.2, 0) is 0 Å². The molecule has 0 radical (unpaired) electrons. The van der Waals surface area contributed by atoms with Crippen molar-refractivity contribution in [2.75, 3.05) is 24.5 Å². The predicted octanol–water partition coefficient (Wildman–Crippen LogP) is 3.34. The Morgan fingerprint density at radius 3 is 2.92 bits per heavy atom. The van der Waals surface area contributed by atoms with E-state index >= 15 is 0 Å². The van der Waals surface area contributed by atoms with Gasteiger partial charge in [-0.05, 0) is 44.2 Å². The van der Waals surface area contributed by atoms with Crippen LogP contribution >= 0.6 is 0 Å². The second-order valence-corrected chi connectivity index (χ2v) is 6.80. The minimum Gasteiger partial charge on any atom is -0.491 e. The zero-order valence-corrected chi connectivity index (χ0v) is 15.1. The summed E-state index contributed by atoms with van der Waals surface area (Å²) in [5.41, 5.74) is 3.95. The van der Waals surface area contributed by atoms with Crippen LogP contribution in [0.25, 0.3) is 22.2 Å². The van der Waals surface area contributed by atoms with Crippen LogP contribution in [0, 0.1) is 0 Å². The number of benzene rings is 1. The Kier molecular flexibility index (Phi) is 4.24. The summed E-state index contributed by atoms with van der Waals surface area (Å²) in [6.45, 7) is 10.6. The summed E-state index contributed by atoms with van der Waals surface area (Å²) in [5, 5.41) is 12.0. The first-order chi connectivity index (χ1) is 12.6. The first-order valence-corrected chi connectivity index (χ1v) is 8.88. The molecule has 2 aromatic heterocycles. The molecule has 6 nitrogen and oxygen atoms in total. The van der Waals surface area contributed by atoms with Crippen molar-refractivity contribution >= 4 is 16.7 Å². The summed E-state index contributed by atoms with van der Waals surface area (Å²) < 4.78 is 5.83. The van der Waals surface area contributed by atoms with Gasteiger partial charge in [0.1, 0.15) is 17.3 Å². The van der Waals surface area contributed by atoms with E-state index in [1.807, 2.05) is 44.3 Å². The van der Waals surface area contributed by atoms with E-state index in [1.165, 1.54) is 0 Å². The van der Waals surface area contributed by atoms with Crippen LogP contribution in [-0.4, -0.2) is 40.9 Å². The molecule has 0 unspecified atom stereocenters. The maximum Gasteiger partial charge on any atom is 0.129 e. The average Bonchev–Trinajstić information content (AvgIpc) is 3.04. The molecule has 0 saturated carbocycles. The molecule has 1 aliphatic heterocycles. The van der Waals surface area contributed by atoms with Gasteiger partial charge in [-0.15, -0.1) is 0 Å². The number of hydrogen-bond acceptors (Lipinski definition) is 5. The van der Waals surface area contributed by atoms with Crippen LogP contribution in [0.2, 0.25) is 0 Å². The molecule has 0 aliphatic carbocycles. The van der Waals surface area contributed by atoms with Crippen molar-refractivity contribution in [3.63, 3.8) is 0 Å². The van der Waals surface area contributed by atoms with Gasteiger partial charge in [0, 0.05) is 35.9 Å². The number of piperazine rings is 1. The lowest BCUT2D eigenvalue weighted by Crippen LogP contribution is -2.42. The van der Waals surface area contributed by atoms with E-state index in [0.717, 1.165) is 59.1 Å². The van der Waals surface area contributed by atoms with E-state index in [2.05, 4.69) is 38.0 Å². The number of fused-ring (bicyclic) bond motifs is 1. The molecular weight excluding hydrogens is 326 g/mol. The van der Waals surface area contributed by atoms with E-state index in [-0.39, 0.29) is 6.10 Å². The van der Waals surface area contributed by atoms with Crippen LogP contribution in [0.4, 0.5) is 5.82 Å². The molecule has 0 bridgehead atoms. The van der Waals surface area contributed by atoms with Gasteiger partial charge in [0.15, 0.2) is 0 Å². The van der Waals surface area contributed by atoms with Crippen molar-refractivity contribution < 1.29 is 4.74 Å². The minimum atomic E-state index is 0.135. The number of ether oxygens (including phenoxy) is 1. The predicted molar refractivity (Wildman–Crippen MR) is 104 cm³/mol. The van der Waals surface area contributed by atoms with Crippen molar-refractivity contribution in [3.05, 3.63) is 48.8 Å². The van der Waals surface area contributed by atoms with Crippen LogP contribution in [0.1, 0.15) is 13.8 Å². The summed E-state index contributed by atoms with van der Waals surface area (Å²) in [7, 11) is 0. The highest BCUT2D eigenvalue weighted by Gasteiger charge is 2.16. The summed E-state index contributed by atoms with van der Waals surface area (Å²) in [6.07, 6.45) is 1.97. The molecule has 134 valence electrons. The van der Waals surface area contributed by atoms with Crippen molar-refractivity contribution in [1.82, 2.24) is 20.5 Å². The lowest BCUT2D eigenvalue weighted by atomic mass is 10.1. The van der Waals surface area contributed by atoms with Gasteiger partial charge in [-0.1, -0.05) is 6.58 Å². The number of hydrogen-bond donors (Lipinski definition) is 2. The van der Waals surface area contributed by atoms with Gasteiger partial charge in [-0.3, -0.25) is 5.10 Å². The highest BCUT2D eigenvalue weighted by molar-refractivity contribution is 5.94. The Hall–Kier alpha value is -3.02. The second-order valence-electron chi connectivity index (χ2n) is 6.80. The van der Waals surface area contributed by atoms with E-state index in [4.69, 9.17) is 4.74 Å². The minimum absolute atomic E-state index is 0.135. The maximum atomic E-state index is 5.83. The molecule has 0 spiro atoms. The molecule has 2 N–H and O–H groups in total. The Balaban J connectivity index is 1.71. The largest absolute Gasteiger partial charge is 0.491 e.